The van der Waals surface area contributed by atoms with E-state index in [4.69, 9.17) is 0 Å². The summed E-state index contributed by atoms with van der Waals surface area (Å²) in [6.07, 6.45) is 1.90. The predicted molar refractivity (Wildman–Crippen MR) is 101 cm³/mol. The molecule has 0 saturated carbocycles. The molecule has 0 spiro atoms. The van der Waals surface area contributed by atoms with E-state index in [1.54, 1.807) is 0 Å². The van der Waals surface area contributed by atoms with E-state index in [2.05, 4.69) is 67.6 Å². The lowest BCUT2D eigenvalue weighted by Gasteiger charge is -1.90. The molecule has 0 aliphatic heterocycles. The monoisotopic (exact) mass is 341 g/mol. The zero-order valence-corrected chi connectivity index (χ0v) is 15.0. The molecule has 0 aliphatic rings. The molecule has 0 atom stereocenters. The van der Waals surface area contributed by atoms with Crippen molar-refractivity contribution in [2.75, 3.05) is 40.8 Å². The normalized spacial score (nSPS) is 8.67. The Morgan fingerprint density at radius 3 is 1.40 bits per heavy atom. The van der Waals surface area contributed by atoms with Crippen molar-refractivity contribution >= 4 is 88.4 Å². The number of rotatable bonds is 5. The molecule has 0 rings (SSSR count). The maximum Gasteiger partial charge on any atom is 0.00213 e. The fraction of sp³-hybridized carbons (Fsp3) is 0.875. The van der Waals surface area contributed by atoms with Crippen molar-refractivity contribution in [1.29, 1.82) is 0 Å². The summed E-state index contributed by atoms with van der Waals surface area (Å²) in [5.74, 6) is 9.52. The standard InChI is InChI=1S/C4H10S3.C2H5S2.C2H6S2/c5-1-3-7-4-2-6;1-4(2)3;3-1-2-4/h5-6H,1-4H2;1H2,2H3;3-4H,1-2H2/q;-1;. The largest absolute Gasteiger partial charge is 0.418 e. The van der Waals surface area contributed by atoms with Crippen molar-refractivity contribution in [1.82, 2.24) is 0 Å². The topological polar surface area (TPSA) is 0 Å². The third-order valence-corrected chi connectivity index (χ3v) is 3.41. The average molecular weight is 342 g/mol. The van der Waals surface area contributed by atoms with Gasteiger partial charge in [0.1, 0.15) is 0 Å². The second-order valence-corrected chi connectivity index (χ2v) is 7.95. The summed E-state index contributed by atoms with van der Waals surface area (Å²) in [4.78, 5) is 0. The summed E-state index contributed by atoms with van der Waals surface area (Å²) in [5.41, 5.74) is 0. The molecule has 0 N–H and O–H groups in total. The van der Waals surface area contributed by atoms with Crippen LogP contribution in [0, 0.1) is 0 Å². The van der Waals surface area contributed by atoms with Gasteiger partial charge in [0.25, 0.3) is 0 Å². The van der Waals surface area contributed by atoms with Gasteiger partial charge in [-0.15, -0.1) is 6.26 Å². The highest BCUT2D eigenvalue weighted by Gasteiger charge is 1.80. The van der Waals surface area contributed by atoms with Crippen LogP contribution < -0.4 is 0 Å². The fourth-order valence-corrected chi connectivity index (χ4v) is 1.47. The van der Waals surface area contributed by atoms with Crippen LogP contribution in [0.15, 0.2) is 0 Å². The van der Waals surface area contributed by atoms with Gasteiger partial charge in [0.2, 0.25) is 0 Å². The number of hydrogen-bond donors (Lipinski definition) is 4. The molecular formula is C8H21S7-. The van der Waals surface area contributed by atoms with E-state index in [1.165, 1.54) is 0 Å². The van der Waals surface area contributed by atoms with Gasteiger partial charge in [0.15, 0.2) is 0 Å². The minimum absolute atomic E-state index is 0.0278. The molecule has 15 heavy (non-hydrogen) atoms. The highest BCUT2D eigenvalue weighted by atomic mass is 32.8. The van der Waals surface area contributed by atoms with Gasteiger partial charge in [-0.2, -0.15) is 62.3 Å². The lowest BCUT2D eigenvalue weighted by atomic mass is 10.9. The summed E-state index contributed by atoms with van der Waals surface area (Å²) >= 11 is 22.2. The molecule has 0 saturated heterocycles. The first-order valence-corrected chi connectivity index (χ1v) is 10.6. The Morgan fingerprint density at radius 2 is 1.27 bits per heavy atom. The Kier molecular flexibility index (Phi) is 37.5. The van der Waals surface area contributed by atoms with Gasteiger partial charge in [0, 0.05) is 11.5 Å². The molecule has 0 amide bonds. The molecule has 0 nitrogen and oxygen atoms in total. The fourth-order valence-electron chi connectivity index (χ4n) is 0.231. The highest BCUT2D eigenvalue weighted by molar-refractivity contribution is 8.26. The Hall–Kier alpha value is 2.19. The lowest BCUT2D eigenvalue weighted by Crippen LogP contribution is -1.83. The zero-order valence-electron chi connectivity index (χ0n) is 8.96. The molecule has 96 valence electrons. The van der Waals surface area contributed by atoms with Gasteiger partial charge in [-0.05, 0) is 23.0 Å². The Morgan fingerprint density at radius 1 is 1.00 bits per heavy atom. The highest BCUT2D eigenvalue weighted by Crippen LogP contribution is 1.99. The maximum absolute atomic E-state index is 4.54. The van der Waals surface area contributed by atoms with Crippen LogP contribution in [-0.4, -0.2) is 46.6 Å². The van der Waals surface area contributed by atoms with E-state index in [0.717, 1.165) is 34.5 Å². The summed E-state index contributed by atoms with van der Waals surface area (Å²) in [6.45, 7) is 0. The van der Waals surface area contributed by atoms with E-state index in [-0.39, 0.29) is 9.04 Å². The van der Waals surface area contributed by atoms with Crippen LogP contribution in [0.3, 0.4) is 0 Å². The molecule has 0 aliphatic carbocycles. The first-order chi connectivity index (χ1) is 7.06. The van der Waals surface area contributed by atoms with Crippen molar-refractivity contribution in [3.05, 3.63) is 0 Å². The second kappa shape index (κ2) is 25.1. The van der Waals surface area contributed by atoms with Gasteiger partial charge in [-0.3, -0.25) is 11.2 Å². The molecule has 0 aromatic rings. The van der Waals surface area contributed by atoms with Crippen LogP contribution in [-0.2, 0) is 20.2 Å². The van der Waals surface area contributed by atoms with Gasteiger partial charge in [0.05, 0.1) is 0 Å². The first kappa shape index (κ1) is 22.4. The predicted octanol–water partition coefficient (Wildman–Crippen LogP) is 2.55. The van der Waals surface area contributed by atoms with Gasteiger partial charge in [-0.25, -0.2) is 5.87 Å². The maximum atomic E-state index is 4.54. The van der Waals surface area contributed by atoms with Crippen molar-refractivity contribution in [2.24, 2.45) is 0 Å². The quantitative estimate of drug-likeness (QED) is 0.263. The molecule has 0 bridgehead atoms. The van der Waals surface area contributed by atoms with Crippen LogP contribution in [0.2, 0.25) is 0 Å². The van der Waals surface area contributed by atoms with Crippen molar-refractivity contribution in [2.45, 2.75) is 0 Å². The first-order valence-electron chi connectivity index (χ1n) is 4.21. The molecular weight excluding hydrogens is 321 g/mol. The Balaban J connectivity index is -0.000000155. The summed E-state index contributed by atoms with van der Waals surface area (Å²) in [6, 6.07) is 0. The second-order valence-electron chi connectivity index (χ2n) is 2.08. The minimum Gasteiger partial charge on any atom is -0.418 e. The van der Waals surface area contributed by atoms with Crippen LogP contribution in [0.4, 0.5) is 0 Å². The van der Waals surface area contributed by atoms with E-state index < -0.39 is 0 Å². The minimum atomic E-state index is -0.0278. The van der Waals surface area contributed by atoms with Crippen LogP contribution in [0.25, 0.3) is 0 Å². The number of thiol groups is 4. The lowest BCUT2D eigenvalue weighted by molar-refractivity contribution is 1.50. The molecule has 0 fully saturated rings. The molecule has 0 heterocycles. The molecule has 0 aromatic carbocycles. The van der Waals surface area contributed by atoms with Crippen molar-refractivity contribution < 1.29 is 0 Å². The van der Waals surface area contributed by atoms with Crippen molar-refractivity contribution in [3.63, 3.8) is 0 Å². The van der Waals surface area contributed by atoms with Gasteiger partial charge >= 0.3 is 0 Å². The summed E-state index contributed by atoms with van der Waals surface area (Å²) < 4.78 is 0. The van der Waals surface area contributed by atoms with Gasteiger partial charge in [-0.1, -0.05) is 0 Å². The van der Waals surface area contributed by atoms with E-state index >= 15 is 0 Å². The van der Waals surface area contributed by atoms with Crippen LogP contribution in [0.1, 0.15) is 0 Å². The van der Waals surface area contributed by atoms with E-state index in [9.17, 15) is 0 Å². The summed E-state index contributed by atoms with van der Waals surface area (Å²) in [7, 11) is -0.0278. The van der Waals surface area contributed by atoms with Crippen LogP contribution in [0.5, 0.6) is 0 Å². The third kappa shape index (κ3) is 63.1. The smallest absolute Gasteiger partial charge is 0.00213 e. The van der Waals surface area contributed by atoms with Crippen molar-refractivity contribution in [3.8, 4) is 0 Å². The number of thioether (sulfide) groups is 1. The molecule has 0 radical (unpaired) electrons. The molecule has 0 aromatic heterocycles. The third-order valence-electron chi connectivity index (χ3n) is 0.571. The van der Waals surface area contributed by atoms with E-state index in [1.807, 2.05) is 18.0 Å². The Bertz CT molecular complexity index is 130. The molecule has 0 unspecified atom stereocenters. The van der Waals surface area contributed by atoms with Gasteiger partial charge < -0.3 is 9.04 Å². The summed E-state index contributed by atoms with van der Waals surface area (Å²) in [5, 5.41) is 0. The Labute approximate surface area is 128 Å². The number of hydrogen-bond acceptors (Lipinski definition) is 7. The van der Waals surface area contributed by atoms with Crippen LogP contribution >= 0.6 is 62.3 Å². The zero-order chi connectivity index (χ0) is 12.5. The SMILES string of the molecule is C=[S-](C)=S.SCCS.SCCSCCS. The van der Waals surface area contributed by atoms with E-state index in [0.29, 0.717) is 0 Å². The average Bonchev–Trinajstić information content (AvgIpc) is 2.18. The molecule has 7 heteroatoms.